The second kappa shape index (κ2) is 6.36. The van der Waals surface area contributed by atoms with Crippen molar-refractivity contribution in [2.45, 2.75) is 31.7 Å². The molecule has 0 fully saturated rings. The van der Waals surface area contributed by atoms with E-state index in [0.29, 0.717) is 0 Å². The van der Waals surface area contributed by atoms with Gasteiger partial charge in [0.1, 0.15) is 5.82 Å². The maximum Gasteiger partial charge on any atom is 0.315 e. The number of nitrogens with one attached hydrogen (secondary N) is 2. The van der Waals surface area contributed by atoms with Crippen molar-refractivity contribution < 1.29 is 19.1 Å². The number of carboxylic acids is 1. The van der Waals surface area contributed by atoms with Gasteiger partial charge in [0.15, 0.2) is 0 Å². The molecular formula is C14H17FN2O3. The maximum atomic E-state index is 13.3. The Morgan fingerprint density at radius 3 is 2.95 bits per heavy atom. The third kappa shape index (κ3) is 3.69. The van der Waals surface area contributed by atoms with E-state index in [4.69, 9.17) is 5.11 Å². The normalized spacial score (nSPS) is 17.1. The van der Waals surface area contributed by atoms with Gasteiger partial charge in [0.05, 0.1) is 12.5 Å². The van der Waals surface area contributed by atoms with Crippen molar-refractivity contribution in [3.8, 4) is 0 Å². The van der Waals surface area contributed by atoms with Gasteiger partial charge < -0.3 is 15.7 Å². The average Bonchev–Trinajstić information content (AvgIpc) is 2.39. The predicted octanol–water partition coefficient (Wildman–Crippen LogP) is 1.98. The van der Waals surface area contributed by atoms with Gasteiger partial charge in [0.2, 0.25) is 0 Å². The lowest BCUT2D eigenvalue weighted by molar-refractivity contribution is -0.136. The second-order valence-electron chi connectivity index (χ2n) is 4.83. The van der Waals surface area contributed by atoms with E-state index in [9.17, 15) is 14.0 Å². The first kappa shape index (κ1) is 14.3. The summed E-state index contributed by atoms with van der Waals surface area (Å²) in [5, 5.41) is 13.7. The molecule has 0 spiro atoms. The van der Waals surface area contributed by atoms with Crippen LogP contribution in [-0.2, 0) is 11.2 Å². The van der Waals surface area contributed by atoms with Crippen molar-refractivity contribution in [1.82, 2.24) is 10.6 Å². The van der Waals surface area contributed by atoms with Crippen molar-refractivity contribution >= 4 is 12.0 Å². The van der Waals surface area contributed by atoms with Crippen molar-refractivity contribution in [3.63, 3.8) is 0 Å². The van der Waals surface area contributed by atoms with Crippen LogP contribution in [0.3, 0.4) is 0 Å². The first-order valence-corrected chi connectivity index (χ1v) is 6.61. The van der Waals surface area contributed by atoms with Crippen LogP contribution < -0.4 is 10.6 Å². The summed E-state index contributed by atoms with van der Waals surface area (Å²) in [6, 6.07) is 3.98. The highest BCUT2D eigenvalue weighted by Gasteiger charge is 2.22. The second-order valence-corrected chi connectivity index (χ2v) is 4.83. The van der Waals surface area contributed by atoms with Crippen LogP contribution in [0.25, 0.3) is 0 Å². The van der Waals surface area contributed by atoms with Gasteiger partial charge in [-0.15, -0.1) is 0 Å². The summed E-state index contributed by atoms with van der Waals surface area (Å²) in [5.41, 5.74) is 1.86. The number of amides is 2. The summed E-state index contributed by atoms with van der Waals surface area (Å²) in [6.07, 6.45) is 2.44. The van der Waals surface area contributed by atoms with Gasteiger partial charge in [-0.05, 0) is 42.5 Å². The van der Waals surface area contributed by atoms with Crippen molar-refractivity contribution in [3.05, 3.63) is 35.1 Å². The molecule has 3 N–H and O–H groups in total. The van der Waals surface area contributed by atoms with E-state index >= 15 is 0 Å². The minimum absolute atomic E-state index is 0.0733. The lowest BCUT2D eigenvalue weighted by Gasteiger charge is -2.26. The molecule has 0 saturated heterocycles. The number of hydrogen-bond donors (Lipinski definition) is 3. The zero-order chi connectivity index (χ0) is 14.5. The van der Waals surface area contributed by atoms with Crippen molar-refractivity contribution in [2.75, 3.05) is 6.54 Å². The van der Waals surface area contributed by atoms with Gasteiger partial charge in [-0.1, -0.05) is 6.07 Å². The Morgan fingerprint density at radius 1 is 1.40 bits per heavy atom. The Morgan fingerprint density at radius 2 is 2.20 bits per heavy atom. The summed E-state index contributed by atoms with van der Waals surface area (Å²) >= 11 is 0. The first-order valence-electron chi connectivity index (χ1n) is 6.61. The van der Waals surface area contributed by atoms with Crippen LogP contribution in [0, 0.1) is 5.82 Å². The van der Waals surface area contributed by atoms with Gasteiger partial charge in [-0.3, -0.25) is 4.79 Å². The molecule has 0 aromatic heterocycles. The first-order chi connectivity index (χ1) is 9.56. The van der Waals surface area contributed by atoms with E-state index in [1.54, 1.807) is 6.07 Å². The number of aliphatic carboxylic acids is 1. The standard InChI is InChI=1S/C14H17FN2O3/c15-10-5-4-9-2-1-3-12(11(9)8-10)17-14(20)16-7-6-13(18)19/h4-5,8,12H,1-3,6-7H2,(H,18,19)(H2,16,17,20)/t12-/m0/s1. The van der Waals surface area contributed by atoms with Crippen LogP contribution in [0.15, 0.2) is 18.2 Å². The Balaban J connectivity index is 1.96. The topological polar surface area (TPSA) is 78.4 Å². The summed E-state index contributed by atoms with van der Waals surface area (Å²) < 4.78 is 13.3. The number of benzene rings is 1. The molecule has 0 unspecified atom stereocenters. The zero-order valence-corrected chi connectivity index (χ0v) is 11.0. The molecule has 1 aromatic rings. The maximum absolute atomic E-state index is 13.3. The Kier molecular flexibility index (Phi) is 4.55. The van der Waals surface area contributed by atoms with Crippen LogP contribution in [0.4, 0.5) is 9.18 Å². The van der Waals surface area contributed by atoms with Gasteiger partial charge in [-0.2, -0.15) is 0 Å². The van der Waals surface area contributed by atoms with Crippen molar-refractivity contribution in [2.24, 2.45) is 0 Å². The molecule has 1 aromatic carbocycles. The number of fused-ring (bicyclic) bond motifs is 1. The summed E-state index contributed by atoms with van der Waals surface area (Å²) in [7, 11) is 0. The molecule has 1 aliphatic rings. The van der Waals surface area contributed by atoms with E-state index in [1.165, 1.54) is 12.1 Å². The molecule has 0 radical (unpaired) electrons. The van der Waals surface area contributed by atoms with E-state index in [0.717, 1.165) is 30.4 Å². The highest BCUT2D eigenvalue weighted by Crippen LogP contribution is 2.30. The zero-order valence-electron chi connectivity index (χ0n) is 11.0. The summed E-state index contributed by atoms with van der Waals surface area (Å²) in [6.45, 7) is 0.0733. The number of rotatable bonds is 4. The number of carbonyl (C=O) groups excluding carboxylic acids is 1. The third-order valence-corrected chi connectivity index (χ3v) is 3.35. The number of carboxylic acid groups (broad SMARTS) is 1. The number of hydrogen-bond acceptors (Lipinski definition) is 2. The Bertz CT molecular complexity index is 519. The number of aryl methyl sites for hydroxylation is 1. The smallest absolute Gasteiger partial charge is 0.315 e. The molecule has 0 aliphatic heterocycles. The monoisotopic (exact) mass is 280 g/mol. The largest absolute Gasteiger partial charge is 0.481 e. The van der Waals surface area contributed by atoms with Crippen LogP contribution in [0.5, 0.6) is 0 Å². The predicted molar refractivity (Wildman–Crippen MR) is 70.9 cm³/mol. The van der Waals surface area contributed by atoms with E-state index in [-0.39, 0.29) is 24.8 Å². The molecule has 2 rings (SSSR count). The summed E-state index contributed by atoms with van der Waals surface area (Å²) in [5.74, 6) is -1.28. The number of halogens is 1. The molecular weight excluding hydrogens is 263 g/mol. The highest BCUT2D eigenvalue weighted by atomic mass is 19.1. The van der Waals surface area contributed by atoms with E-state index in [1.807, 2.05) is 0 Å². The molecule has 0 heterocycles. The van der Waals surface area contributed by atoms with Gasteiger partial charge in [0.25, 0.3) is 0 Å². The Hall–Kier alpha value is -2.11. The van der Waals surface area contributed by atoms with E-state index < -0.39 is 12.0 Å². The fraction of sp³-hybridized carbons (Fsp3) is 0.429. The quantitative estimate of drug-likeness (QED) is 0.789. The average molecular weight is 280 g/mol. The molecule has 5 nitrogen and oxygen atoms in total. The van der Waals surface area contributed by atoms with E-state index in [2.05, 4.69) is 10.6 Å². The van der Waals surface area contributed by atoms with Crippen LogP contribution >= 0.6 is 0 Å². The molecule has 20 heavy (non-hydrogen) atoms. The summed E-state index contributed by atoms with van der Waals surface area (Å²) in [4.78, 5) is 22.0. The fourth-order valence-electron chi connectivity index (χ4n) is 2.41. The van der Waals surface area contributed by atoms with Crippen LogP contribution in [-0.4, -0.2) is 23.7 Å². The molecule has 108 valence electrons. The number of carbonyl (C=O) groups is 2. The van der Waals surface area contributed by atoms with Crippen molar-refractivity contribution in [1.29, 1.82) is 0 Å². The highest BCUT2D eigenvalue weighted by molar-refractivity contribution is 5.75. The SMILES string of the molecule is O=C(O)CCNC(=O)N[C@H]1CCCc2ccc(F)cc21. The lowest BCUT2D eigenvalue weighted by Crippen LogP contribution is -2.39. The fourth-order valence-corrected chi connectivity index (χ4v) is 2.41. The molecule has 1 atom stereocenters. The lowest BCUT2D eigenvalue weighted by atomic mass is 9.87. The van der Waals surface area contributed by atoms with Gasteiger partial charge in [0, 0.05) is 6.54 Å². The molecule has 1 aliphatic carbocycles. The van der Waals surface area contributed by atoms with Gasteiger partial charge >= 0.3 is 12.0 Å². The minimum atomic E-state index is -0.963. The molecule has 0 bridgehead atoms. The Labute approximate surface area is 116 Å². The number of urea groups is 1. The molecule has 0 saturated carbocycles. The van der Waals surface area contributed by atoms with Crippen LogP contribution in [0.1, 0.15) is 36.4 Å². The molecule has 2 amide bonds. The minimum Gasteiger partial charge on any atom is -0.481 e. The van der Waals surface area contributed by atoms with Crippen LogP contribution in [0.2, 0.25) is 0 Å². The van der Waals surface area contributed by atoms with Gasteiger partial charge in [-0.25, -0.2) is 9.18 Å². The molecule has 6 heteroatoms. The third-order valence-electron chi connectivity index (χ3n) is 3.35.